The average molecular weight is 201 g/mol. The largest absolute Gasteiger partial charge is 0.0683 e. The van der Waals surface area contributed by atoms with E-state index in [-0.39, 0.29) is 0 Å². The van der Waals surface area contributed by atoms with E-state index in [2.05, 4.69) is 35.0 Å². The maximum atomic E-state index is 3.36. The van der Waals surface area contributed by atoms with Crippen LogP contribution in [0.4, 0.5) is 0 Å². The van der Waals surface area contributed by atoms with E-state index in [0.29, 0.717) is 0 Å². The minimum absolute atomic E-state index is 1.15. The van der Waals surface area contributed by atoms with E-state index in [9.17, 15) is 0 Å². The summed E-state index contributed by atoms with van der Waals surface area (Å²) in [6.07, 6.45) is 0. The normalized spacial score (nSPS) is 8.00. The molecule has 0 bridgehead atoms. The third kappa shape index (κ3) is 3.67. The number of halogens is 1. The minimum atomic E-state index is 1.15. The van der Waals surface area contributed by atoms with E-state index >= 15 is 0 Å². The lowest BCUT2D eigenvalue weighted by atomic mass is 10.2. The Hall–Kier alpha value is -0.300. The monoisotopic (exact) mass is 200 g/mol. The van der Waals surface area contributed by atoms with E-state index in [0.717, 1.165) is 4.47 Å². The fraction of sp³-hybridized carbons (Fsp3) is 0.333. The number of hydrogen-bond donors (Lipinski definition) is 0. The molecule has 0 aliphatic carbocycles. The molecule has 56 valence electrons. The quantitative estimate of drug-likeness (QED) is 0.599. The summed E-state index contributed by atoms with van der Waals surface area (Å²) in [5, 5.41) is 0. The van der Waals surface area contributed by atoms with Gasteiger partial charge in [0.1, 0.15) is 0 Å². The van der Waals surface area contributed by atoms with Gasteiger partial charge in [-0.05, 0) is 19.1 Å². The van der Waals surface area contributed by atoms with Gasteiger partial charge in [0.15, 0.2) is 0 Å². The van der Waals surface area contributed by atoms with Gasteiger partial charge in [0.05, 0.1) is 0 Å². The van der Waals surface area contributed by atoms with Crippen molar-refractivity contribution in [2.75, 3.05) is 0 Å². The zero-order chi connectivity index (χ0) is 7.98. The summed E-state index contributed by atoms with van der Waals surface area (Å²) in [7, 11) is 0. The Balaban J connectivity index is 0.000000371. The molecule has 0 N–H and O–H groups in total. The first kappa shape index (κ1) is 9.70. The highest BCUT2D eigenvalue weighted by Gasteiger charge is 1.82. The van der Waals surface area contributed by atoms with Gasteiger partial charge in [-0.15, -0.1) is 0 Å². The van der Waals surface area contributed by atoms with Crippen LogP contribution in [0.2, 0.25) is 0 Å². The Labute approximate surface area is 71.4 Å². The fourth-order valence-electron chi connectivity index (χ4n) is 0.606. The number of aryl methyl sites for hydroxylation is 1. The first-order valence-corrected chi connectivity index (χ1v) is 4.30. The lowest BCUT2D eigenvalue weighted by molar-refractivity contribution is 1.45. The van der Waals surface area contributed by atoms with Crippen molar-refractivity contribution in [1.82, 2.24) is 0 Å². The summed E-state index contributed by atoms with van der Waals surface area (Å²) < 4.78 is 1.15. The standard InChI is InChI=1S/C7H7Br.C2H6/c1-6-3-2-4-7(8)5-6;1-2/h2-5H,1H3;1-2H3. The van der Waals surface area contributed by atoms with Gasteiger partial charge < -0.3 is 0 Å². The van der Waals surface area contributed by atoms with E-state index in [1.807, 2.05) is 26.0 Å². The van der Waals surface area contributed by atoms with E-state index in [1.54, 1.807) is 0 Å². The highest BCUT2D eigenvalue weighted by Crippen LogP contribution is 2.09. The molecule has 0 aliphatic rings. The molecular weight excluding hydrogens is 188 g/mol. The first-order valence-electron chi connectivity index (χ1n) is 3.51. The highest BCUT2D eigenvalue weighted by molar-refractivity contribution is 9.10. The van der Waals surface area contributed by atoms with Gasteiger partial charge in [0.2, 0.25) is 0 Å². The predicted octanol–water partition coefficient (Wildman–Crippen LogP) is 3.78. The Morgan fingerprint density at radius 2 is 1.80 bits per heavy atom. The smallest absolute Gasteiger partial charge is 0.0177 e. The molecule has 0 spiro atoms. The fourth-order valence-corrected chi connectivity index (χ4v) is 1.12. The molecular formula is C9H13Br. The molecule has 0 aromatic heterocycles. The molecule has 0 nitrogen and oxygen atoms in total. The van der Waals surface area contributed by atoms with Crippen LogP contribution in [-0.2, 0) is 0 Å². The molecule has 10 heavy (non-hydrogen) atoms. The van der Waals surface area contributed by atoms with Crippen LogP contribution < -0.4 is 0 Å². The highest BCUT2D eigenvalue weighted by atomic mass is 79.9. The van der Waals surface area contributed by atoms with Gasteiger partial charge in [-0.25, -0.2) is 0 Å². The molecule has 0 atom stereocenters. The average Bonchev–Trinajstić information content (AvgIpc) is 1.91. The van der Waals surface area contributed by atoms with Crippen LogP contribution in [0.15, 0.2) is 28.7 Å². The molecule has 1 heteroatoms. The molecule has 0 radical (unpaired) electrons. The summed E-state index contributed by atoms with van der Waals surface area (Å²) in [5.74, 6) is 0. The Morgan fingerprint density at radius 1 is 1.20 bits per heavy atom. The van der Waals surface area contributed by atoms with Crippen LogP contribution in [0.5, 0.6) is 0 Å². The second-order valence-corrected chi connectivity index (χ2v) is 2.71. The van der Waals surface area contributed by atoms with Crippen molar-refractivity contribution in [2.24, 2.45) is 0 Å². The number of benzene rings is 1. The number of rotatable bonds is 0. The van der Waals surface area contributed by atoms with Crippen LogP contribution in [0.25, 0.3) is 0 Å². The second-order valence-electron chi connectivity index (χ2n) is 1.80. The number of hydrogen-bond acceptors (Lipinski definition) is 0. The maximum absolute atomic E-state index is 3.36. The van der Waals surface area contributed by atoms with Crippen molar-refractivity contribution in [2.45, 2.75) is 20.8 Å². The lowest BCUT2D eigenvalue weighted by Gasteiger charge is -1.89. The molecule has 0 saturated heterocycles. The summed E-state index contributed by atoms with van der Waals surface area (Å²) >= 11 is 3.36. The van der Waals surface area contributed by atoms with Crippen LogP contribution in [0.1, 0.15) is 19.4 Å². The first-order chi connectivity index (χ1) is 4.79. The van der Waals surface area contributed by atoms with E-state index in [1.165, 1.54) is 5.56 Å². The summed E-state index contributed by atoms with van der Waals surface area (Å²) in [5.41, 5.74) is 1.29. The van der Waals surface area contributed by atoms with Gasteiger partial charge in [0.25, 0.3) is 0 Å². The Bertz CT molecular complexity index is 165. The zero-order valence-electron chi connectivity index (χ0n) is 6.69. The van der Waals surface area contributed by atoms with Crippen molar-refractivity contribution >= 4 is 15.9 Å². The van der Waals surface area contributed by atoms with Gasteiger partial charge in [-0.1, -0.05) is 47.5 Å². The van der Waals surface area contributed by atoms with E-state index < -0.39 is 0 Å². The summed E-state index contributed by atoms with van der Waals surface area (Å²) in [6.45, 7) is 6.07. The van der Waals surface area contributed by atoms with Crippen LogP contribution >= 0.6 is 15.9 Å². The van der Waals surface area contributed by atoms with Crippen molar-refractivity contribution in [3.63, 3.8) is 0 Å². The predicted molar refractivity (Wildman–Crippen MR) is 50.2 cm³/mol. The molecule has 0 heterocycles. The van der Waals surface area contributed by atoms with Crippen molar-refractivity contribution in [3.8, 4) is 0 Å². The summed E-state index contributed by atoms with van der Waals surface area (Å²) in [6, 6.07) is 8.21. The third-order valence-electron chi connectivity index (χ3n) is 0.980. The van der Waals surface area contributed by atoms with Crippen LogP contribution in [0.3, 0.4) is 0 Å². The third-order valence-corrected chi connectivity index (χ3v) is 1.47. The molecule has 1 rings (SSSR count). The Kier molecular flexibility index (Phi) is 5.32. The lowest BCUT2D eigenvalue weighted by Crippen LogP contribution is -1.67. The van der Waals surface area contributed by atoms with Crippen molar-refractivity contribution < 1.29 is 0 Å². The van der Waals surface area contributed by atoms with Gasteiger partial charge in [0, 0.05) is 4.47 Å². The molecule has 0 amide bonds. The van der Waals surface area contributed by atoms with Crippen LogP contribution in [-0.4, -0.2) is 0 Å². The molecule has 1 aromatic carbocycles. The molecule has 0 aliphatic heterocycles. The second kappa shape index (κ2) is 5.48. The SMILES string of the molecule is CC.Cc1cccc(Br)c1. The van der Waals surface area contributed by atoms with Crippen LogP contribution in [0, 0.1) is 6.92 Å². The molecule has 0 fully saturated rings. The van der Waals surface area contributed by atoms with E-state index in [4.69, 9.17) is 0 Å². The van der Waals surface area contributed by atoms with Gasteiger partial charge in [-0.3, -0.25) is 0 Å². The van der Waals surface area contributed by atoms with Crippen molar-refractivity contribution in [1.29, 1.82) is 0 Å². The maximum Gasteiger partial charge on any atom is 0.0177 e. The van der Waals surface area contributed by atoms with Gasteiger partial charge >= 0.3 is 0 Å². The van der Waals surface area contributed by atoms with Gasteiger partial charge in [-0.2, -0.15) is 0 Å². The molecule has 0 saturated carbocycles. The summed E-state index contributed by atoms with van der Waals surface area (Å²) in [4.78, 5) is 0. The molecule has 1 aromatic rings. The Morgan fingerprint density at radius 3 is 2.10 bits per heavy atom. The van der Waals surface area contributed by atoms with Crippen molar-refractivity contribution in [3.05, 3.63) is 34.3 Å². The zero-order valence-corrected chi connectivity index (χ0v) is 8.27. The molecule has 0 unspecified atom stereocenters. The minimum Gasteiger partial charge on any atom is -0.0683 e. The topological polar surface area (TPSA) is 0 Å².